The summed E-state index contributed by atoms with van der Waals surface area (Å²) in [6, 6.07) is 12.4. The fourth-order valence-corrected chi connectivity index (χ4v) is 4.23. The zero-order chi connectivity index (χ0) is 19.3. The third kappa shape index (κ3) is 5.61. The monoisotopic (exact) mass is 407 g/mol. The van der Waals surface area contributed by atoms with Crippen molar-refractivity contribution in [2.75, 3.05) is 10.0 Å². The zero-order valence-corrected chi connectivity index (χ0v) is 16.3. The van der Waals surface area contributed by atoms with Gasteiger partial charge in [-0.2, -0.15) is 0 Å². The number of carbonyl (C=O) groups is 1. The van der Waals surface area contributed by atoms with Crippen LogP contribution in [0.1, 0.15) is 32.1 Å². The van der Waals surface area contributed by atoms with Gasteiger partial charge < -0.3 is 10.6 Å². The van der Waals surface area contributed by atoms with Crippen LogP contribution >= 0.6 is 11.6 Å². The second-order valence-electron chi connectivity index (χ2n) is 6.57. The smallest absolute Gasteiger partial charge is 0.319 e. The molecule has 27 heavy (non-hydrogen) atoms. The summed E-state index contributed by atoms with van der Waals surface area (Å²) in [5.41, 5.74) is 0.960. The van der Waals surface area contributed by atoms with E-state index < -0.39 is 10.0 Å². The minimum atomic E-state index is -3.72. The Morgan fingerprint density at radius 3 is 2.11 bits per heavy atom. The van der Waals surface area contributed by atoms with Gasteiger partial charge in [0.25, 0.3) is 10.0 Å². The number of anilines is 2. The van der Waals surface area contributed by atoms with Gasteiger partial charge in [-0.3, -0.25) is 4.72 Å². The minimum Gasteiger partial charge on any atom is -0.335 e. The Balaban J connectivity index is 1.60. The first-order chi connectivity index (χ1) is 12.9. The molecule has 0 bridgehead atoms. The first kappa shape index (κ1) is 19.5. The molecule has 6 nitrogen and oxygen atoms in total. The van der Waals surface area contributed by atoms with Gasteiger partial charge in [0.05, 0.1) is 4.90 Å². The van der Waals surface area contributed by atoms with E-state index in [1.165, 1.54) is 18.6 Å². The van der Waals surface area contributed by atoms with Crippen LogP contribution in [0.5, 0.6) is 0 Å². The van der Waals surface area contributed by atoms with Crippen LogP contribution in [-0.4, -0.2) is 20.5 Å². The molecule has 0 saturated heterocycles. The molecule has 0 atom stereocenters. The summed E-state index contributed by atoms with van der Waals surface area (Å²) in [6.45, 7) is 0. The van der Waals surface area contributed by atoms with Gasteiger partial charge in [-0.15, -0.1) is 0 Å². The first-order valence-electron chi connectivity index (χ1n) is 8.88. The van der Waals surface area contributed by atoms with Gasteiger partial charge in [0, 0.05) is 22.4 Å². The largest absolute Gasteiger partial charge is 0.335 e. The molecule has 2 aromatic carbocycles. The Labute approximate surface area is 164 Å². The molecular weight excluding hydrogens is 386 g/mol. The number of benzene rings is 2. The van der Waals surface area contributed by atoms with E-state index in [-0.39, 0.29) is 17.0 Å². The molecule has 1 aliphatic rings. The van der Waals surface area contributed by atoms with E-state index >= 15 is 0 Å². The van der Waals surface area contributed by atoms with Gasteiger partial charge in [-0.05, 0) is 61.4 Å². The number of nitrogens with one attached hydrogen (secondary N) is 3. The van der Waals surface area contributed by atoms with Crippen LogP contribution in [-0.2, 0) is 10.0 Å². The van der Waals surface area contributed by atoms with E-state index in [4.69, 9.17) is 11.6 Å². The molecule has 0 unspecified atom stereocenters. The predicted octanol–water partition coefficient (Wildman–Crippen LogP) is 4.60. The number of hydrogen-bond donors (Lipinski definition) is 3. The first-order valence-corrected chi connectivity index (χ1v) is 10.7. The maximum absolute atomic E-state index is 12.4. The van der Waals surface area contributed by atoms with Gasteiger partial charge in [0.1, 0.15) is 0 Å². The van der Waals surface area contributed by atoms with Crippen molar-refractivity contribution in [3.05, 3.63) is 53.6 Å². The SMILES string of the molecule is O=C(Nc1ccc(S(=O)(=O)Nc2ccc(Cl)cc2)cc1)NC1CCCCC1. The lowest BCUT2D eigenvalue weighted by atomic mass is 9.96. The van der Waals surface area contributed by atoms with Crippen LogP contribution in [0.15, 0.2) is 53.4 Å². The Morgan fingerprint density at radius 1 is 0.889 bits per heavy atom. The molecule has 0 aliphatic heterocycles. The average Bonchev–Trinajstić information content (AvgIpc) is 2.65. The molecule has 2 aromatic rings. The van der Waals surface area contributed by atoms with E-state index in [1.54, 1.807) is 36.4 Å². The quantitative estimate of drug-likeness (QED) is 0.677. The van der Waals surface area contributed by atoms with Crippen LogP contribution < -0.4 is 15.4 Å². The molecule has 3 rings (SSSR count). The molecule has 3 N–H and O–H groups in total. The van der Waals surface area contributed by atoms with Gasteiger partial charge >= 0.3 is 6.03 Å². The Morgan fingerprint density at radius 2 is 1.48 bits per heavy atom. The summed E-state index contributed by atoms with van der Waals surface area (Å²) in [5.74, 6) is 0. The summed E-state index contributed by atoms with van der Waals surface area (Å²) in [6.07, 6.45) is 5.50. The van der Waals surface area contributed by atoms with E-state index in [0.29, 0.717) is 16.4 Å². The molecule has 0 heterocycles. The zero-order valence-electron chi connectivity index (χ0n) is 14.7. The van der Waals surface area contributed by atoms with Gasteiger partial charge in [-0.1, -0.05) is 30.9 Å². The van der Waals surface area contributed by atoms with E-state index in [2.05, 4.69) is 15.4 Å². The number of sulfonamides is 1. The van der Waals surface area contributed by atoms with Crippen molar-refractivity contribution < 1.29 is 13.2 Å². The Bertz CT molecular complexity index is 877. The third-order valence-electron chi connectivity index (χ3n) is 4.46. The summed E-state index contributed by atoms with van der Waals surface area (Å²) in [5, 5.41) is 6.23. The molecule has 0 radical (unpaired) electrons. The maximum Gasteiger partial charge on any atom is 0.319 e. The maximum atomic E-state index is 12.4. The number of rotatable bonds is 5. The van der Waals surface area contributed by atoms with E-state index in [9.17, 15) is 13.2 Å². The van der Waals surface area contributed by atoms with Crippen molar-refractivity contribution in [1.29, 1.82) is 0 Å². The second kappa shape index (κ2) is 8.63. The number of urea groups is 1. The molecule has 0 aromatic heterocycles. The number of amides is 2. The van der Waals surface area contributed by atoms with Gasteiger partial charge in [-0.25, -0.2) is 13.2 Å². The highest BCUT2D eigenvalue weighted by Crippen LogP contribution is 2.20. The molecule has 144 valence electrons. The van der Waals surface area contributed by atoms with Crippen LogP contribution in [0.25, 0.3) is 0 Å². The number of halogens is 1. The van der Waals surface area contributed by atoms with E-state index in [1.807, 2.05) is 0 Å². The third-order valence-corrected chi connectivity index (χ3v) is 6.11. The van der Waals surface area contributed by atoms with Crippen molar-refractivity contribution in [1.82, 2.24) is 5.32 Å². The van der Waals surface area contributed by atoms with Crippen molar-refractivity contribution in [2.45, 2.75) is 43.0 Å². The Kier molecular flexibility index (Phi) is 6.23. The van der Waals surface area contributed by atoms with Crippen molar-refractivity contribution in [3.63, 3.8) is 0 Å². The molecular formula is C19H22ClN3O3S. The molecule has 1 aliphatic carbocycles. The lowest BCUT2D eigenvalue weighted by molar-refractivity contribution is 0.244. The summed E-state index contributed by atoms with van der Waals surface area (Å²) < 4.78 is 27.4. The Hall–Kier alpha value is -2.25. The molecule has 1 fully saturated rings. The van der Waals surface area contributed by atoms with Gasteiger partial charge in [0.2, 0.25) is 0 Å². The standard InChI is InChI=1S/C19H22ClN3O3S/c20-14-6-8-17(9-7-14)23-27(25,26)18-12-10-16(11-13-18)22-19(24)21-15-4-2-1-3-5-15/h6-13,15,23H,1-5H2,(H2,21,22,24). The van der Waals surface area contributed by atoms with Crippen molar-refractivity contribution in [3.8, 4) is 0 Å². The second-order valence-corrected chi connectivity index (χ2v) is 8.69. The highest BCUT2D eigenvalue weighted by molar-refractivity contribution is 7.92. The normalized spacial score (nSPS) is 15.1. The lowest BCUT2D eigenvalue weighted by Crippen LogP contribution is -2.39. The van der Waals surface area contributed by atoms with Crippen LogP contribution in [0.4, 0.5) is 16.2 Å². The summed E-state index contributed by atoms with van der Waals surface area (Å²) in [7, 11) is -3.72. The lowest BCUT2D eigenvalue weighted by Gasteiger charge is -2.22. The summed E-state index contributed by atoms with van der Waals surface area (Å²) >= 11 is 5.80. The van der Waals surface area contributed by atoms with Crippen LogP contribution in [0.2, 0.25) is 5.02 Å². The topological polar surface area (TPSA) is 87.3 Å². The highest BCUT2D eigenvalue weighted by atomic mass is 35.5. The fourth-order valence-electron chi connectivity index (χ4n) is 3.05. The average molecular weight is 408 g/mol. The number of hydrogen-bond acceptors (Lipinski definition) is 3. The predicted molar refractivity (Wildman–Crippen MR) is 108 cm³/mol. The van der Waals surface area contributed by atoms with Crippen LogP contribution in [0, 0.1) is 0 Å². The molecule has 8 heteroatoms. The van der Waals surface area contributed by atoms with Gasteiger partial charge in [0.15, 0.2) is 0 Å². The molecule has 0 spiro atoms. The highest BCUT2D eigenvalue weighted by Gasteiger charge is 2.17. The summed E-state index contributed by atoms with van der Waals surface area (Å²) in [4.78, 5) is 12.2. The van der Waals surface area contributed by atoms with Crippen molar-refractivity contribution in [2.24, 2.45) is 0 Å². The minimum absolute atomic E-state index is 0.107. The molecule has 2 amide bonds. The molecule has 1 saturated carbocycles. The van der Waals surface area contributed by atoms with Crippen molar-refractivity contribution >= 4 is 39.0 Å². The fraction of sp³-hybridized carbons (Fsp3) is 0.316. The number of carbonyl (C=O) groups excluding carboxylic acids is 1. The van der Waals surface area contributed by atoms with Crippen LogP contribution in [0.3, 0.4) is 0 Å². The van der Waals surface area contributed by atoms with E-state index in [0.717, 1.165) is 25.7 Å².